The minimum atomic E-state index is 0.00968. The largest absolute Gasteiger partial charge is 0.506 e. The summed E-state index contributed by atoms with van der Waals surface area (Å²) in [5.41, 5.74) is 1.47. The fourth-order valence-electron chi connectivity index (χ4n) is 2.09. The molecule has 0 radical (unpaired) electrons. The monoisotopic (exact) mass is 456 g/mol. The summed E-state index contributed by atoms with van der Waals surface area (Å²) < 4.78 is 12.0. The summed E-state index contributed by atoms with van der Waals surface area (Å²) in [6.07, 6.45) is 0.111. The van der Waals surface area contributed by atoms with Crippen molar-refractivity contribution in [3.05, 3.63) is 45.0 Å². The van der Waals surface area contributed by atoms with Gasteiger partial charge in [0.05, 0.1) is 14.7 Å². The third kappa shape index (κ3) is 3.64. The van der Waals surface area contributed by atoms with Crippen LogP contribution in [-0.2, 0) is 0 Å². The molecule has 7 heteroatoms. The Morgan fingerprint density at radius 2 is 1.92 bits per heavy atom. The molecule has 3 aromatic rings. The number of phenols is 1. The van der Waals surface area contributed by atoms with Crippen molar-refractivity contribution >= 4 is 34.2 Å². The number of hydrogen-bond acceptors (Lipinski definition) is 5. The van der Waals surface area contributed by atoms with Crippen molar-refractivity contribution in [2.75, 3.05) is 0 Å². The number of aromatic nitrogens is 2. The van der Waals surface area contributed by atoms with Gasteiger partial charge in [-0.1, -0.05) is 16.8 Å². The number of hydrogen-bond donors (Lipinski definition) is 1. The standard InChI is InChI=1S/C17H14ClIN2O3/c1-9(2)23-15-6-4-10(8-13(15)19)16-20-17(24-21-16)11-3-5-14(22)12(18)7-11/h3-9,22H,1-2H3. The molecular formula is C17H14ClIN2O3. The van der Waals surface area contributed by atoms with Crippen LogP contribution in [0.25, 0.3) is 22.8 Å². The highest BCUT2D eigenvalue weighted by atomic mass is 127. The number of nitrogens with zero attached hydrogens (tertiary/aromatic N) is 2. The molecule has 24 heavy (non-hydrogen) atoms. The van der Waals surface area contributed by atoms with E-state index in [2.05, 4.69) is 32.7 Å². The number of benzene rings is 2. The van der Waals surface area contributed by atoms with E-state index in [1.807, 2.05) is 32.0 Å². The third-order valence-corrected chi connectivity index (χ3v) is 4.32. The minimum Gasteiger partial charge on any atom is -0.506 e. The van der Waals surface area contributed by atoms with E-state index >= 15 is 0 Å². The predicted octanol–water partition coefficient (Wildman–Crippen LogP) is 5.15. The highest BCUT2D eigenvalue weighted by molar-refractivity contribution is 14.1. The summed E-state index contributed by atoms with van der Waals surface area (Å²) in [5, 5.41) is 13.7. The SMILES string of the molecule is CC(C)Oc1ccc(-c2noc(-c3ccc(O)c(Cl)c3)n2)cc1I. The van der Waals surface area contributed by atoms with Crippen molar-refractivity contribution in [1.82, 2.24) is 10.1 Å². The minimum absolute atomic E-state index is 0.00968. The van der Waals surface area contributed by atoms with E-state index in [0.29, 0.717) is 17.3 Å². The van der Waals surface area contributed by atoms with Gasteiger partial charge in [-0.2, -0.15) is 4.98 Å². The predicted molar refractivity (Wildman–Crippen MR) is 100 cm³/mol. The van der Waals surface area contributed by atoms with E-state index in [1.165, 1.54) is 6.07 Å². The number of aromatic hydroxyl groups is 1. The van der Waals surface area contributed by atoms with Crippen molar-refractivity contribution in [2.24, 2.45) is 0 Å². The lowest BCUT2D eigenvalue weighted by molar-refractivity contribution is 0.240. The molecule has 1 N–H and O–H groups in total. The van der Waals surface area contributed by atoms with Gasteiger partial charge >= 0.3 is 0 Å². The topological polar surface area (TPSA) is 68.4 Å². The molecule has 5 nitrogen and oxygen atoms in total. The lowest BCUT2D eigenvalue weighted by atomic mass is 10.2. The lowest BCUT2D eigenvalue weighted by Gasteiger charge is -2.11. The van der Waals surface area contributed by atoms with E-state index in [0.717, 1.165) is 14.9 Å². The summed E-state index contributed by atoms with van der Waals surface area (Å²) in [6.45, 7) is 3.97. The number of ether oxygens (including phenoxy) is 1. The molecule has 1 heterocycles. The Hall–Kier alpha value is -1.80. The fraction of sp³-hybridized carbons (Fsp3) is 0.176. The molecule has 0 aliphatic heterocycles. The van der Waals surface area contributed by atoms with Crippen LogP contribution in [0.4, 0.5) is 0 Å². The van der Waals surface area contributed by atoms with E-state index in [1.54, 1.807) is 12.1 Å². The van der Waals surface area contributed by atoms with E-state index in [4.69, 9.17) is 20.9 Å². The molecule has 1 aromatic heterocycles. The highest BCUT2D eigenvalue weighted by Crippen LogP contribution is 2.31. The molecule has 0 aliphatic carbocycles. The summed E-state index contributed by atoms with van der Waals surface area (Å²) in [6, 6.07) is 10.5. The van der Waals surface area contributed by atoms with Crippen LogP contribution in [0.5, 0.6) is 11.5 Å². The zero-order valence-electron chi connectivity index (χ0n) is 13.0. The molecule has 0 aliphatic rings. The van der Waals surface area contributed by atoms with Crippen molar-refractivity contribution in [1.29, 1.82) is 0 Å². The third-order valence-electron chi connectivity index (χ3n) is 3.17. The molecule has 0 spiro atoms. The molecule has 0 amide bonds. The fourth-order valence-corrected chi connectivity index (χ4v) is 2.91. The van der Waals surface area contributed by atoms with Gasteiger partial charge in [0.1, 0.15) is 11.5 Å². The maximum absolute atomic E-state index is 9.48. The Bertz CT molecular complexity index is 880. The molecule has 124 valence electrons. The molecule has 0 unspecified atom stereocenters. The second-order valence-corrected chi connectivity index (χ2v) is 6.97. The number of rotatable bonds is 4. The van der Waals surface area contributed by atoms with Gasteiger partial charge in [0.2, 0.25) is 5.82 Å². The molecule has 3 rings (SSSR count). The molecule has 0 fully saturated rings. The summed E-state index contributed by atoms with van der Waals surface area (Å²) in [7, 11) is 0. The Kier molecular flexibility index (Phi) is 4.96. The zero-order valence-corrected chi connectivity index (χ0v) is 15.9. The Morgan fingerprint density at radius 1 is 1.17 bits per heavy atom. The Morgan fingerprint density at radius 3 is 2.58 bits per heavy atom. The summed E-state index contributed by atoms with van der Waals surface area (Å²) in [4.78, 5) is 4.39. The number of halogens is 2. The normalized spacial score (nSPS) is 11.0. The molecule has 0 saturated carbocycles. The average Bonchev–Trinajstić information content (AvgIpc) is 3.01. The maximum atomic E-state index is 9.48. The van der Waals surface area contributed by atoms with E-state index < -0.39 is 0 Å². The quantitative estimate of drug-likeness (QED) is 0.550. The molecular weight excluding hydrogens is 443 g/mol. The van der Waals surface area contributed by atoms with Crippen molar-refractivity contribution in [2.45, 2.75) is 20.0 Å². The Balaban J connectivity index is 1.90. The van der Waals surface area contributed by atoms with Gasteiger partial charge in [0.15, 0.2) is 0 Å². The molecule has 2 aromatic carbocycles. The average molecular weight is 457 g/mol. The van der Waals surface area contributed by atoms with Gasteiger partial charge in [-0.25, -0.2) is 0 Å². The molecule has 0 atom stereocenters. The summed E-state index contributed by atoms with van der Waals surface area (Å²) >= 11 is 8.13. The maximum Gasteiger partial charge on any atom is 0.258 e. The first kappa shape index (κ1) is 17.0. The molecule has 0 bridgehead atoms. The van der Waals surface area contributed by atoms with Crippen LogP contribution in [0.3, 0.4) is 0 Å². The second kappa shape index (κ2) is 6.98. The van der Waals surface area contributed by atoms with Gasteiger partial charge in [0.25, 0.3) is 5.89 Å². The van der Waals surface area contributed by atoms with Crippen LogP contribution < -0.4 is 4.74 Å². The summed E-state index contributed by atoms with van der Waals surface area (Å²) in [5.74, 6) is 1.64. The van der Waals surface area contributed by atoms with Crippen molar-refractivity contribution in [3.63, 3.8) is 0 Å². The first-order chi connectivity index (χ1) is 11.4. The van der Waals surface area contributed by atoms with Crippen LogP contribution in [0, 0.1) is 3.57 Å². The van der Waals surface area contributed by atoms with Gasteiger partial charge in [0, 0.05) is 11.1 Å². The number of phenolic OH excluding ortho intramolecular Hbond substituents is 1. The van der Waals surface area contributed by atoms with Crippen LogP contribution >= 0.6 is 34.2 Å². The van der Waals surface area contributed by atoms with Crippen LogP contribution in [0.15, 0.2) is 40.9 Å². The van der Waals surface area contributed by atoms with Crippen LogP contribution in [0.2, 0.25) is 5.02 Å². The van der Waals surface area contributed by atoms with Gasteiger partial charge in [-0.05, 0) is 72.8 Å². The zero-order chi connectivity index (χ0) is 17.3. The van der Waals surface area contributed by atoms with Gasteiger partial charge in [-0.3, -0.25) is 0 Å². The van der Waals surface area contributed by atoms with Crippen LogP contribution in [-0.4, -0.2) is 21.4 Å². The van der Waals surface area contributed by atoms with Crippen molar-refractivity contribution < 1.29 is 14.4 Å². The van der Waals surface area contributed by atoms with E-state index in [9.17, 15) is 5.11 Å². The van der Waals surface area contributed by atoms with Gasteiger partial charge in [-0.15, -0.1) is 0 Å². The first-order valence-electron chi connectivity index (χ1n) is 7.23. The molecule has 0 saturated heterocycles. The highest BCUT2D eigenvalue weighted by Gasteiger charge is 2.14. The smallest absolute Gasteiger partial charge is 0.258 e. The Labute approximate surface area is 157 Å². The lowest BCUT2D eigenvalue weighted by Crippen LogP contribution is -2.06. The van der Waals surface area contributed by atoms with Crippen molar-refractivity contribution in [3.8, 4) is 34.3 Å². The van der Waals surface area contributed by atoms with Crippen LogP contribution in [0.1, 0.15) is 13.8 Å². The van der Waals surface area contributed by atoms with Gasteiger partial charge < -0.3 is 14.4 Å². The first-order valence-corrected chi connectivity index (χ1v) is 8.69. The van der Waals surface area contributed by atoms with E-state index in [-0.39, 0.29) is 16.9 Å². The second-order valence-electron chi connectivity index (χ2n) is 5.40.